The van der Waals surface area contributed by atoms with E-state index in [-0.39, 0.29) is 28.8 Å². The number of hydrogen-bond donors (Lipinski definition) is 3. The summed E-state index contributed by atoms with van der Waals surface area (Å²) in [6.07, 6.45) is 8.13. The molecule has 2 amide bonds. The predicted octanol–water partition coefficient (Wildman–Crippen LogP) is 4.47. The Morgan fingerprint density at radius 1 is 1.09 bits per heavy atom. The highest BCUT2D eigenvalue weighted by atomic mass is 35.5. The molecule has 1 heterocycles. The van der Waals surface area contributed by atoms with Gasteiger partial charge in [0.15, 0.2) is 0 Å². The first-order valence-electron chi connectivity index (χ1n) is 13.0. The zero-order valence-corrected chi connectivity index (χ0v) is 22.1. The van der Waals surface area contributed by atoms with Crippen LogP contribution in [0.1, 0.15) is 78.2 Å². The van der Waals surface area contributed by atoms with E-state index >= 15 is 0 Å². The number of piperidine rings is 1. The molecule has 2 aliphatic rings. The maximum Gasteiger partial charge on any atom is 0.251 e. The van der Waals surface area contributed by atoms with Crippen LogP contribution >= 0.6 is 11.6 Å². The van der Waals surface area contributed by atoms with Gasteiger partial charge in [-0.2, -0.15) is 0 Å². The Bertz CT molecular complexity index is 807. The van der Waals surface area contributed by atoms with Crippen LogP contribution in [-0.2, 0) is 16.0 Å². The maximum absolute atomic E-state index is 13.5. The van der Waals surface area contributed by atoms with Gasteiger partial charge in [-0.15, -0.1) is 0 Å². The number of amides is 2. The van der Waals surface area contributed by atoms with Crippen LogP contribution in [0.2, 0.25) is 5.02 Å². The third-order valence-corrected chi connectivity index (χ3v) is 7.62. The van der Waals surface area contributed by atoms with Gasteiger partial charge in [-0.3, -0.25) is 15.0 Å². The van der Waals surface area contributed by atoms with E-state index in [1.165, 1.54) is 19.3 Å². The van der Waals surface area contributed by atoms with Gasteiger partial charge in [0.1, 0.15) is 0 Å². The lowest BCUT2D eigenvalue weighted by molar-refractivity contribution is -0.143. The van der Waals surface area contributed by atoms with Crippen molar-refractivity contribution in [2.45, 2.75) is 90.6 Å². The van der Waals surface area contributed by atoms with Crippen LogP contribution in [0.25, 0.3) is 0 Å². The van der Waals surface area contributed by atoms with Gasteiger partial charge in [0, 0.05) is 23.7 Å². The number of nitrogens with zero attached hydrogens (tertiary/aromatic N) is 1. The second-order valence-electron chi connectivity index (χ2n) is 11.1. The van der Waals surface area contributed by atoms with Gasteiger partial charge in [0.25, 0.3) is 5.91 Å². The summed E-state index contributed by atoms with van der Waals surface area (Å²) in [6.45, 7) is 10.3. The molecule has 7 heteroatoms. The Labute approximate surface area is 210 Å². The van der Waals surface area contributed by atoms with E-state index in [9.17, 15) is 9.59 Å². The number of carbonyl (C=O) groups is 2. The monoisotopic (exact) mass is 490 g/mol. The van der Waals surface area contributed by atoms with Crippen molar-refractivity contribution in [3.63, 3.8) is 0 Å². The number of halogens is 1. The Kier molecular flexibility index (Phi) is 9.41. The van der Waals surface area contributed by atoms with Gasteiger partial charge in [-0.05, 0) is 83.0 Å². The van der Waals surface area contributed by atoms with Crippen LogP contribution < -0.4 is 16.1 Å². The first-order valence-corrected chi connectivity index (χ1v) is 13.4. The lowest BCUT2D eigenvalue weighted by atomic mass is 9.63. The smallest absolute Gasteiger partial charge is 0.251 e. The highest BCUT2D eigenvalue weighted by Gasteiger charge is 2.48. The summed E-state index contributed by atoms with van der Waals surface area (Å²) in [5.74, 6) is 0.605. The largest absolute Gasteiger partial charge is 0.351 e. The normalized spacial score (nSPS) is 20.5. The molecule has 0 unspecified atom stereocenters. The lowest BCUT2D eigenvalue weighted by Crippen LogP contribution is -2.60. The molecule has 6 nitrogen and oxygen atoms in total. The first-order chi connectivity index (χ1) is 16.1. The number of hydrazine groups is 1. The van der Waals surface area contributed by atoms with Crippen LogP contribution in [0.5, 0.6) is 0 Å². The van der Waals surface area contributed by atoms with Gasteiger partial charge in [0.2, 0.25) is 5.91 Å². The second-order valence-corrected chi connectivity index (χ2v) is 11.5. The van der Waals surface area contributed by atoms with Gasteiger partial charge in [0.05, 0.1) is 11.5 Å². The Morgan fingerprint density at radius 2 is 1.71 bits per heavy atom. The van der Waals surface area contributed by atoms with E-state index in [0.29, 0.717) is 37.0 Å². The van der Waals surface area contributed by atoms with E-state index in [1.807, 2.05) is 36.2 Å². The SMILES string of the molecule is CCN[C@H](Cc1ccc(Cl)cc1)C(=O)NN1CCC(C(=O)NC(C)(C)C)(C2CCCCC2)CC1. The standard InChI is InChI=1S/C27H43ClN4O2/c1-5-29-23(19-20-11-13-22(28)14-12-20)24(33)31-32-17-15-27(16-18-32,21-9-7-6-8-10-21)25(34)30-26(2,3)4/h11-14,21,23,29H,5-10,15-19H2,1-4H3,(H,30,34)(H,31,33)/t23-/m1/s1. The minimum Gasteiger partial charge on any atom is -0.351 e. The van der Waals surface area contributed by atoms with Crippen LogP contribution in [-0.4, -0.2) is 48.0 Å². The third kappa shape index (κ3) is 7.19. The summed E-state index contributed by atoms with van der Waals surface area (Å²) in [4.78, 5) is 26.7. The van der Waals surface area contributed by atoms with Crippen molar-refractivity contribution >= 4 is 23.4 Å². The molecule has 34 heavy (non-hydrogen) atoms. The zero-order chi connectivity index (χ0) is 24.8. The van der Waals surface area contributed by atoms with Crippen molar-refractivity contribution in [2.24, 2.45) is 11.3 Å². The summed E-state index contributed by atoms with van der Waals surface area (Å²) in [6, 6.07) is 7.33. The van der Waals surface area contributed by atoms with Crippen LogP contribution in [0, 0.1) is 11.3 Å². The maximum atomic E-state index is 13.5. The van der Waals surface area contributed by atoms with Crippen molar-refractivity contribution in [3.05, 3.63) is 34.9 Å². The van der Waals surface area contributed by atoms with E-state index < -0.39 is 0 Å². The van der Waals surface area contributed by atoms with Crippen LogP contribution in [0.3, 0.4) is 0 Å². The van der Waals surface area contributed by atoms with Gasteiger partial charge >= 0.3 is 0 Å². The number of rotatable bonds is 8. The molecule has 1 saturated heterocycles. The minimum absolute atomic E-state index is 0.0268. The Balaban J connectivity index is 1.64. The fraction of sp³-hybridized carbons (Fsp3) is 0.704. The fourth-order valence-electron chi connectivity index (χ4n) is 5.55. The molecule has 0 radical (unpaired) electrons. The molecule has 3 N–H and O–H groups in total. The molecule has 1 atom stereocenters. The molecule has 3 rings (SSSR count). The summed E-state index contributed by atoms with van der Waals surface area (Å²) in [5, 5.41) is 9.30. The van der Waals surface area contributed by atoms with Gasteiger partial charge in [-0.1, -0.05) is 49.9 Å². The van der Waals surface area contributed by atoms with Crippen LogP contribution in [0.4, 0.5) is 0 Å². The molecule has 0 spiro atoms. The molecule has 1 aliphatic carbocycles. The quantitative estimate of drug-likeness (QED) is 0.502. The Morgan fingerprint density at radius 3 is 2.26 bits per heavy atom. The highest BCUT2D eigenvalue weighted by Crippen LogP contribution is 2.46. The van der Waals surface area contributed by atoms with Gasteiger partial charge in [-0.25, -0.2) is 5.01 Å². The number of benzene rings is 1. The first kappa shape index (κ1) is 27.0. The fourth-order valence-corrected chi connectivity index (χ4v) is 5.68. The molecule has 1 aromatic carbocycles. The molecule has 0 bridgehead atoms. The molecule has 0 aromatic heterocycles. The minimum atomic E-state index is -0.334. The predicted molar refractivity (Wildman–Crippen MR) is 138 cm³/mol. The van der Waals surface area contributed by atoms with Gasteiger partial charge < -0.3 is 10.6 Å². The van der Waals surface area contributed by atoms with E-state index in [0.717, 1.165) is 31.2 Å². The molecule has 2 fully saturated rings. The number of hydrogen-bond acceptors (Lipinski definition) is 4. The van der Waals surface area contributed by atoms with E-state index in [2.05, 4.69) is 36.8 Å². The summed E-state index contributed by atoms with van der Waals surface area (Å²) >= 11 is 6.01. The molecular formula is C27H43ClN4O2. The zero-order valence-electron chi connectivity index (χ0n) is 21.4. The summed E-state index contributed by atoms with van der Waals surface area (Å²) in [5.41, 5.74) is 3.63. The summed E-state index contributed by atoms with van der Waals surface area (Å²) in [7, 11) is 0. The van der Waals surface area contributed by atoms with Crippen molar-refractivity contribution in [1.29, 1.82) is 0 Å². The van der Waals surface area contributed by atoms with Crippen molar-refractivity contribution in [3.8, 4) is 0 Å². The Hall–Kier alpha value is -1.63. The molecule has 190 valence electrons. The average molecular weight is 491 g/mol. The average Bonchev–Trinajstić information content (AvgIpc) is 2.80. The molecule has 1 aliphatic heterocycles. The highest BCUT2D eigenvalue weighted by molar-refractivity contribution is 6.30. The van der Waals surface area contributed by atoms with E-state index in [1.54, 1.807) is 0 Å². The summed E-state index contributed by atoms with van der Waals surface area (Å²) < 4.78 is 0. The number of nitrogens with one attached hydrogen (secondary N) is 3. The van der Waals surface area contributed by atoms with E-state index in [4.69, 9.17) is 11.6 Å². The van der Waals surface area contributed by atoms with Crippen molar-refractivity contribution in [1.82, 2.24) is 21.1 Å². The third-order valence-electron chi connectivity index (χ3n) is 7.37. The molecule has 1 aromatic rings. The molecular weight excluding hydrogens is 448 g/mol. The topological polar surface area (TPSA) is 73.5 Å². The van der Waals surface area contributed by atoms with Crippen molar-refractivity contribution in [2.75, 3.05) is 19.6 Å². The van der Waals surface area contributed by atoms with Crippen molar-refractivity contribution < 1.29 is 9.59 Å². The van der Waals surface area contributed by atoms with Crippen LogP contribution in [0.15, 0.2) is 24.3 Å². The number of likely N-dealkylation sites (N-methyl/N-ethyl adjacent to an activating group) is 1. The lowest BCUT2D eigenvalue weighted by Gasteiger charge is -2.47. The number of carbonyl (C=O) groups excluding carboxylic acids is 2. The second kappa shape index (κ2) is 11.9. The molecule has 1 saturated carbocycles.